The number of hydrogen-bond acceptors (Lipinski definition) is 5. The van der Waals surface area contributed by atoms with Crippen LogP contribution < -0.4 is 5.32 Å². The van der Waals surface area contributed by atoms with E-state index in [2.05, 4.69) is 27.3 Å². The molecule has 7 heteroatoms. The molecule has 1 amide bonds. The molecule has 1 aromatic carbocycles. The minimum absolute atomic E-state index is 0.0879. The predicted octanol–water partition coefficient (Wildman–Crippen LogP) is 4.36. The number of carbonyl (C=O) groups excluding carboxylic acids is 2. The third-order valence-corrected chi connectivity index (χ3v) is 5.75. The van der Waals surface area contributed by atoms with Crippen LogP contribution in [0.4, 0.5) is 4.79 Å². The molecule has 3 rings (SSSR count). The highest BCUT2D eigenvalue weighted by atomic mass is 16.6. The van der Waals surface area contributed by atoms with E-state index in [0.717, 1.165) is 49.1 Å². The largest absolute Gasteiger partial charge is 0.466 e. The number of benzene rings is 1. The smallest absolute Gasteiger partial charge is 0.408 e. The molecule has 0 radical (unpaired) electrons. The summed E-state index contributed by atoms with van der Waals surface area (Å²) in [5.74, 6) is -0.212. The van der Waals surface area contributed by atoms with E-state index < -0.39 is 11.7 Å². The van der Waals surface area contributed by atoms with Crippen LogP contribution in [0.25, 0.3) is 10.9 Å². The molecule has 1 aliphatic heterocycles. The SMILES string of the molecule is CCOC(=O)Cc1[nH]c2ccccc2c1CCN1CCC=C([C@@H](C)NC(=O)OC(C)(C)C)C1. The minimum atomic E-state index is -0.516. The molecule has 180 valence electrons. The van der Waals surface area contributed by atoms with Crippen molar-refractivity contribution in [2.24, 2.45) is 0 Å². The number of alkyl carbamates (subject to hydrolysis) is 1. The van der Waals surface area contributed by atoms with Gasteiger partial charge in [0.05, 0.1) is 19.1 Å². The Morgan fingerprint density at radius 3 is 2.73 bits per heavy atom. The summed E-state index contributed by atoms with van der Waals surface area (Å²) in [5, 5.41) is 4.11. The first-order valence-electron chi connectivity index (χ1n) is 11.8. The number of aromatic nitrogens is 1. The van der Waals surface area contributed by atoms with Crippen molar-refractivity contribution in [3.05, 3.63) is 47.2 Å². The third kappa shape index (κ3) is 7.09. The quantitative estimate of drug-likeness (QED) is 0.456. The number of hydrogen-bond donors (Lipinski definition) is 2. The van der Waals surface area contributed by atoms with E-state index in [9.17, 15) is 9.59 Å². The van der Waals surface area contributed by atoms with Gasteiger partial charge in [-0.15, -0.1) is 0 Å². The zero-order valence-corrected chi connectivity index (χ0v) is 20.5. The number of fused-ring (bicyclic) bond motifs is 1. The molecule has 0 unspecified atom stereocenters. The van der Waals surface area contributed by atoms with Crippen molar-refractivity contribution >= 4 is 23.0 Å². The second-order valence-corrected chi connectivity index (χ2v) is 9.57. The Hall–Kier alpha value is -2.80. The second-order valence-electron chi connectivity index (χ2n) is 9.57. The van der Waals surface area contributed by atoms with E-state index in [1.807, 2.05) is 52.8 Å². The van der Waals surface area contributed by atoms with Gasteiger partial charge in [0.25, 0.3) is 0 Å². The average Bonchev–Trinajstić information content (AvgIpc) is 3.08. The maximum Gasteiger partial charge on any atom is 0.408 e. The number of aromatic amines is 1. The number of ether oxygens (including phenoxy) is 2. The normalized spacial score (nSPS) is 15.7. The van der Waals surface area contributed by atoms with E-state index >= 15 is 0 Å². The number of amides is 1. The molecule has 0 saturated heterocycles. The Balaban J connectivity index is 1.64. The van der Waals surface area contributed by atoms with Crippen LogP contribution in [0.3, 0.4) is 0 Å². The number of esters is 1. The highest BCUT2D eigenvalue weighted by Crippen LogP contribution is 2.25. The summed E-state index contributed by atoms with van der Waals surface area (Å²) in [6.07, 6.45) is 3.85. The molecular weight excluding hydrogens is 418 g/mol. The topological polar surface area (TPSA) is 83.7 Å². The summed E-state index contributed by atoms with van der Waals surface area (Å²) in [5.41, 5.74) is 3.83. The Labute approximate surface area is 196 Å². The lowest BCUT2D eigenvalue weighted by Crippen LogP contribution is -2.42. The number of rotatable bonds is 8. The Bertz CT molecular complexity index is 1000. The highest BCUT2D eigenvalue weighted by Gasteiger charge is 2.23. The number of H-pyrrole nitrogens is 1. The average molecular weight is 456 g/mol. The van der Waals surface area contributed by atoms with Crippen LogP contribution in [0.1, 0.15) is 52.3 Å². The molecule has 2 aromatic rings. The van der Waals surface area contributed by atoms with Gasteiger partial charge in [0, 0.05) is 36.2 Å². The van der Waals surface area contributed by atoms with Gasteiger partial charge in [0.1, 0.15) is 5.60 Å². The van der Waals surface area contributed by atoms with E-state index in [1.54, 1.807) is 0 Å². The van der Waals surface area contributed by atoms with Gasteiger partial charge in [-0.1, -0.05) is 24.3 Å². The van der Waals surface area contributed by atoms with Crippen molar-refractivity contribution in [3.63, 3.8) is 0 Å². The molecule has 1 atom stereocenters. The molecule has 2 heterocycles. The molecule has 0 bridgehead atoms. The van der Waals surface area contributed by atoms with Crippen molar-refractivity contribution in [1.82, 2.24) is 15.2 Å². The van der Waals surface area contributed by atoms with E-state index in [4.69, 9.17) is 9.47 Å². The predicted molar refractivity (Wildman–Crippen MR) is 130 cm³/mol. The maximum atomic E-state index is 12.2. The molecule has 0 aliphatic carbocycles. The lowest BCUT2D eigenvalue weighted by molar-refractivity contribution is -0.142. The van der Waals surface area contributed by atoms with Crippen molar-refractivity contribution in [1.29, 1.82) is 0 Å². The maximum absolute atomic E-state index is 12.2. The van der Waals surface area contributed by atoms with Crippen LogP contribution in [0, 0.1) is 0 Å². The Morgan fingerprint density at radius 2 is 2.00 bits per heavy atom. The van der Waals surface area contributed by atoms with Gasteiger partial charge in [-0.2, -0.15) is 0 Å². The van der Waals surface area contributed by atoms with Crippen LogP contribution in [-0.2, 0) is 27.1 Å². The van der Waals surface area contributed by atoms with E-state index in [1.165, 1.54) is 11.1 Å². The van der Waals surface area contributed by atoms with Crippen LogP contribution in [-0.4, -0.2) is 59.8 Å². The van der Waals surface area contributed by atoms with Gasteiger partial charge in [0.15, 0.2) is 0 Å². The number of carbonyl (C=O) groups is 2. The van der Waals surface area contributed by atoms with Crippen LogP contribution >= 0.6 is 0 Å². The first-order chi connectivity index (χ1) is 15.7. The number of para-hydroxylation sites is 1. The van der Waals surface area contributed by atoms with Gasteiger partial charge < -0.3 is 19.8 Å². The van der Waals surface area contributed by atoms with Crippen LogP contribution in [0.15, 0.2) is 35.9 Å². The van der Waals surface area contributed by atoms with Crippen molar-refractivity contribution in [2.75, 3.05) is 26.2 Å². The van der Waals surface area contributed by atoms with E-state index in [0.29, 0.717) is 6.61 Å². The molecule has 2 N–H and O–H groups in total. The van der Waals surface area contributed by atoms with Crippen molar-refractivity contribution in [2.45, 2.75) is 65.5 Å². The summed E-state index contributed by atoms with van der Waals surface area (Å²) in [4.78, 5) is 30.1. The fraction of sp³-hybridized carbons (Fsp3) is 0.538. The summed E-state index contributed by atoms with van der Waals surface area (Å²) in [7, 11) is 0. The summed E-state index contributed by atoms with van der Waals surface area (Å²) >= 11 is 0. The molecule has 0 spiro atoms. The summed E-state index contributed by atoms with van der Waals surface area (Å²) in [6.45, 7) is 12.4. The standard InChI is InChI=1S/C26H37N3O4/c1-6-32-24(30)16-23-21(20-11-7-8-12-22(20)28-23)13-15-29-14-9-10-19(17-29)18(2)27-25(31)33-26(3,4)5/h7-8,10-12,18,28H,6,9,13-17H2,1-5H3,(H,27,31)/t18-/m1/s1. The monoisotopic (exact) mass is 455 g/mol. The lowest BCUT2D eigenvalue weighted by Gasteiger charge is -2.31. The molecule has 0 fully saturated rings. The van der Waals surface area contributed by atoms with Crippen LogP contribution in [0.2, 0.25) is 0 Å². The van der Waals surface area contributed by atoms with Crippen molar-refractivity contribution < 1.29 is 19.1 Å². The fourth-order valence-electron chi connectivity index (χ4n) is 4.23. The first-order valence-corrected chi connectivity index (χ1v) is 11.8. The zero-order chi connectivity index (χ0) is 24.0. The Morgan fingerprint density at radius 1 is 1.24 bits per heavy atom. The van der Waals surface area contributed by atoms with Gasteiger partial charge in [-0.05, 0) is 64.7 Å². The molecule has 1 aliphatic rings. The third-order valence-electron chi connectivity index (χ3n) is 5.75. The zero-order valence-electron chi connectivity index (χ0n) is 20.5. The number of nitrogens with one attached hydrogen (secondary N) is 2. The lowest BCUT2D eigenvalue weighted by atomic mass is 10.0. The molecule has 1 aromatic heterocycles. The summed E-state index contributed by atoms with van der Waals surface area (Å²) in [6, 6.07) is 8.08. The van der Waals surface area contributed by atoms with Crippen molar-refractivity contribution in [3.8, 4) is 0 Å². The molecule has 0 saturated carbocycles. The number of nitrogens with zero attached hydrogens (tertiary/aromatic N) is 1. The first kappa shape index (κ1) is 24.8. The van der Waals surface area contributed by atoms with E-state index in [-0.39, 0.29) is 18.4 Å². The Kier molecular flexibility index (Phi) is 8.19. The van der Waals surface area contributed by atoms with Crippen LogP contribution in [0.5, 0.6) is 0 Å². The van der Waals surface area contributed by atoms with Gasteiger partial charge in [0.2, 0.25) is 0 Å². The summed E-state index contributed by atoms with van der Waals surface area (Å²) < 4.78 is 10.6. The molecule has 33 heavy (non-hydrogen) atoms. The molecular formula is C26H37N3O4. The molecule has 7 nitrogen and oxygen atoms in total. The fourth-order valence-corrected chi connectivity index (χ4v) is 4.23. The highest BCUT2D eigenvalue weighted by molar-refractivity contribution is 5.86. The van der Waals surface area contributed by atoms with Gasteiger partial charge in [-0.25, -0.2) is 4.79 Å². The minimum Gasteiger partial charge on any atom is -0.466 e. The van der Waals surface area contributed by atoms with Gasteiger partial charge in [-0.3, -0.25) is 9.69 Å². The second kappa shape index (κ2) is 10.9. The van der Waals surface area contributed by atoms with Gasteiger partial charge >= 0.3 is 12.1 Å².